The second-order valence-electron chi connectivity index (χ2n) is 5.97. The van der Waals surface area contributed by atoms with Gasteiger partial charge in [0.05, 0.1) is 40.5 Å². The van der Waals surface area contributed by atoms with Gasteiger partial charge in [-0.15, -0.1) is 0 Å². The molecule has 0 saturated carbocycles. The number of pyridine rings is 1. The van der Waals surface area contributed by atoms with E-state index in [1.807, 2.05) is 18.2 Å². The number of nitro groups is 1. The van der Waals surface area contributed by atoms with E-state index in [4.69, 9.17) is 0 Å². The predicted octanol–water partition coefficient (Wildman–Crippen LogP) is 3.69. The Morgan fingerprint density at radius 3 is 2.88 bits per heavy atom. The number of nitrogens with one attached hydrogen (secondary N) is 1. The summed E-state index contributed by atoms with van der Waals surface area (Å²) < 4.78 is 2.37. The van der Waals surface area contributed by atoms with Crippen LogP contribution in [0.15, 0.2) is 41.0 Å². The molecule has 0 saturated heterocycles. The van der Waals surface area contributed by atoms with E-state index in [1.54, 1.807) is 26.1 Å². The summed E-state index contributed by atoms with van der Waals surface area (Å²) in [4.78, 5) is 27.2. The van der Waals surface area contributed by atoms with Crippen molar-refractivity contribution in [3.63, 3.8) is 0 Å². The highest BCUT2D eigenvalue weighted by Gasteiger charge is 2.21. The summed E-state index contributed by atoms with van der Waals surface area (Å²) in [6.07, 6.45) is 1.67. The fourth-order valence-electron chi connectivity index (χ4n) is 2.60. The van der Waals surface area contributed by atoms with Crippen molar-refractivity contribution in [2.24, 2.45) is 5.92 Å². The van der Waals surface area contributed by atoms with Crippen molar-refractivity contribution in [1.29, 1.82) is 0 Å². The van der Waals surface area contributed by atoms with E-state index >= 15 is 0 Å². The highest BCUT2D eigenvalue weighted by molar-refractivity contribution is 9.10. The summed E-state index contributed by atoms with van der Waals surface area (Å²) in [5.74, 6) is -0.870. The van der Waals surface area contributed by atoms with Crippen LogP contribution in [0, 0.1) is 23.0 Å². The minimum absolute atomic E-state index is 0.211. The molecule has 3 aromatic rings. The third kappa shape index (κ3) is 3.57. The Hall–Kier alpha value is -2.81. The van der Waals surface area contributed by atoms with Gasteiger partial charge in [0.1, 0.15) is 0 Å². The fraction of sp³-hybridized carbons (Fsp3) is 0.235. The zero-order chi connectivity index (χ0) is 18.8. The molecule has 2 aromatic heterocycles. The van der Waals surface area contributed by atoms with Crippen molar-refractivity contribution in [1.82, 2.24) is 14.8 Å². The Morgan fingerprint density at radius 2 is 2.19 bits per heavy atom. The molecule has 8 nitrogen and oxygen atoms in total. The smallest absolute Gasteiger partial charge is 0.358 e. The van der Waals surface area contributed by atoms with Gasteiger partial charge in [-0.2, -0.15) is 4.68 Å². The topological polar surface area (TPSA) is 103 Å². The zero-order valence-corrected chi connectivity index (χ0v) is 15.7. The van der Waals surface area contributed by atoms with E-state index < -0.39 is 10.8 Å². The van der Waals surface area contributed by atoms with Crippen molar-refractivity contribution in [2.45, 2.75) is 20.4 Å². The van der Waals surface area contributed by atoms with Crippen LogP contribution in [0.3, 0.4) is 0 Å². The molecule has 0 radical (unpaired) electrons. The molecule has 0 spiro atoms. The Labute approximate surface area is 157 Å². The van der Waals surface area contributed by atoms with Crippen molar-refractivity contribution in [3.05, 3.63) is 56.8 Å². The normalized spacial score (nSPS) is 12.1. The molecular formula is C17H16BrN5O3. The van der Waals surface area contributed by atoms with E-state index in [0.717, 1.165) is 9.86 Å². The maximum Gasteiger partial charge on any atom is 0.390 e. The lowest BCUT2D eigenvalue weighted by Crippen LogP contribution is -2.25. The largest absolute Gasteiger partial charge is 0.390 e. The summed E-state index contributed by atoms with van der Waals surface area (Å²) >= 11 is 3.47. The molecule has 1 atom stereocenters. The van der Waals surface area contributed by atoms with Gasteiger partial charge in [-0.05, 0) is 30.0 Å². The summed E-state index contributed by atoms with van der Waals surface area (Å²) in [6, 6.07) is 8.77. The number of rotatable bonds is 5. The molecule has 3 rings (SSSR count). The van der Waals surface area contributed by atoms with Crippen molar-refractivity contribution < 1.29 is 9.72 Å². The highest BCUT2D eigenvalue weighted by Crippen LogP contribution is 2.28. The lowest BCUT2D eigenvalue weighted by Gasteiger charge is -2.13. The number of amides is 1. The molecule has 134 valence electrons. The number of hydrogen-bond acceptors (Lipinski definition) is 5. The number of benzene rings is 1. The first-order chi connectivity index (χ1) is 12.4. The molecule has 0 aliphatic rings. The van der Waals surface area contributed by atoms with E-state index in [0.29, 0.717) is 16.9 Å². The molecule has 1 aromatic carbocycles. The molecular weight excluding hydrogens is 402 g/mol. The molecule has 1 amide bonds. The van der Waals surface area contributed by atoms with Gasteiger partial charge in [-0.3, -0.25) is 9.78 Å². The molecule has 1 unspecified atom stereocenters. The quantitative estimate of drug-likeness (QED) is 0.503. The van der Waals surface area contributed by atoms with Gasteiger partial charge in [0.25, 0.3) is 0 Å². The molecule has 0 aliphatic carbocycles. The number of carbonyl (C=O) groups excluding carboxylic acids is 1. The van der Waals surface area contributed by atoms with Crippen LogP contribution in [0.2, 0.25) is 0 Å². The average molecular weight is 418 g/mol. The Balaban J connectivity index is 1.78. The molecule has 0 bridgehead atoms. The maximum absolute atomic E-state index is 12.6. The van der Waals surface area contributed by atoms with Crippen LogP contribution in [0.25, 0.3) is 10.9 Å². The van der Waals surface area contributed by atoms with Crippen molar-refractivity contribution >= 4 is 44.2 Å². The third-order valence-electron chi connectivity index (χ3n) is 4.02. The Kier molecular flexibility index (Phi) is 4.99. The molecule has 9 heteroatoms. The van der Waals surface area contributed by atoms with Crippen molar-refractivity contribution in [3.8, 4) is 0 Å². The van der Waals surface area contributed by atoms with Crippen LogP contribution in [0.1, 0.15) is 12.6 Å². The van der Waals surface area contributed by atoms with Gasteiger partial charge >= 0.3 is 5.82 Å². The van der Waals surface area contributed by atoms with E-state index in [9.17, 15) is 14.9 Å². The lowest BCUT2D eigenvalue weighted by molar-refractivity contribution is -0.389. The van der Waals surface area contributed by atoms with Crippen LogP contribution in [0.5, 0.6) is 0 Å². The summed E-state index contributed by atoms with van der Waals surface area (Å²) in [5, 5.41) is 18.5. The van der Waals surface area contributed by atoms with Gasteiger partial charge in [0, 0.05) is 16.1 Å². The second-order valence-corrected chi connectivity index (χ2v) is 6.82. The fourth-order valence-corrected chi connectivity index (χ4v) is 3.06. The Morgan fingerprint density at radius 1 is 1.42 bits per heavy atom. The molecule has 26 heavy (non-hydrogen) atoms. The Bertz CT molecular complexity index is 1000. The first-order valence-corrected chi connectivity index (χ1v) is 8.69. The lowest BCUT2D eigenvalue weighted by atomic mass is 10.1. The minimum atomic E-state index is -0.548. The van der Waals surface area contributed by atoms with Gasteiger partial charge in [0.2, 0.25) is 5.91 Å². The number of aromatic nitrogens is 3. The molecule has 1 N–H and O–H groups in total. The maximum atomic E-state index is 12.6. The standard InChI is InChI=1S/C17H16BrN5O3/c1-10(9-22-11(2)8-15(21-22)23(25)26)17(24)20-14-6-5-13(18)12-4-3-7-19-16(12)14/h3-8,10H,9H2,1-2H3,(H,20,24). The SMILES string of the molecule is Cc1cc([N+](=O)[O-])nn1CC(C)C(=O)Nc1ccc(Br)c2cccnc12. The summed E-state index contributed by atoms with van der Waals surface area (Å²) in [6.45, 7) is 3.71. The van der Waals surface area contributed by atoms with Crippen LogP contribution in [-0.2, 0) is 11.3 Å². The van der Waals surface area contributed by atoms with Gasteiger partial charge in [0.15, 0.2) is 0 Å². The highest BCUT2D eigenvalue weighted by atomic mass is 79.9. The number of nitrogens with zero attached hydrogens (tertiary/aromatic N) is 4. The average Bonchev–Trinajstić information content (AvgIpc) is 2.98. The third-order valence-corrected chi connectivity index (χ3v) is 4.72. The van der Waals surface area contributed by atoms with Crippen LogP contribution in [-0.4, -0.2) is 25.6 Å². The predicted molar refractivity (Wildman–Crippen MR) is 101 cm³/mol. The van der Waals surface area contributed by atoms with E-state index in [2.05, 4.69) is 31.3 Å². The number of anilines is 1. The zero-order valence-electron chi connectivity index (χ0n) is 14.1. The van der Waals surface area contributed by atoms with Crippen LogP contribution in [0.4, 0.5) is 11.5 Å². The summed E-state index contributed by atoms with van der Waals surface area (Å²) in [5.41, 5.74) is 1.93. The minimum Gasteiger partial charge on any atom is -0.358 e. The van der Waals surface area contributed by atoms with Gasteiger partial charge in [-0.1, -0.05) is 28.9 Å². The van der Waals surface area contributed by atoms with Crippen LogP contribution < -0.4 is 5.32 Å². The number of hydrogen-bond donors (Lipinski definition) is 1. The molecule has 0 fully saturated rings. The number of carbonyl (C=O) groups is 1. The first kappa shape index (κ1) is 18.0. The van der Waals surface area contributed by atoms with Gasteiger partial charge < -0.3 is 15.4 Å². The molecule has 0 aliphatic heterocycles. The van der Waals surface area contributed by atoms with Crippen LogP contribution >= 0.6 is 15.9 Å². The number of aryl methyl sites for hydroxylation is 1. The number of halogens is 1. The first-order valence-electron chi connectivity index (χ1n) is 7.89. The van der Waals surface area contributed by atoms with Crippen molar-refractivity contribution in [2.75, 3.05) is 5.32 Å². The monoisotopic (exact) mass is 417 g/mol. The second kappa shape index (κ2) is 7.20. The van der Waals surface area contributed by atoms with E-state index in [-0.39, 0.29) is 18.3 Å². The van der Waals surface area contributed by atoms with Gasteiger partial charge in [-0.25, -0.2) is 0 Å². The number of fused-ring (bicyclic) bond motifs is 1. The molecule has 2 heterocycles. The van der Waals surface area contributed by atoms with E-state index in [1.165, 1.54) is 10.7 Å². The summed E-state index contributed by atoms with van der Waals surface area (Å²) in [7, 11) is 0.